The number of carboxylic acid groups (broad SMARTS) is 1. The number of benzene rings is 2. The van der Waals surface area contributed by atoms with Crippen LogP contribution in [0.1, 0.15) is 53.8 Å². The van der Waals surface area contributed by atoms with Crippen LogP contribution in [0.25, 0.3) is 10.6 Å². The third kappa shape index (κ3) is 5.70. The zero-order valence-electron chi connectivity index (χ0n) is 17.4. The van der Waals surface area contributed by atoms with Crippen LogP contribution in [0.2, 0.25) is 0 Å². The Bertz CT molecular complexity index is 1020. The van der Waals surface area contributed by atoms with Crippen molar-refractivity contribution in [2.75, 3.05) is 0 Å². The molecule has 0 bridgehead atoms. The molecule has 0 saturated heterocycles. The predicted molar refractivity (Wildman–Crippen MR) is 120 cm³/mol. The molecule has 3 aromatic rings. The molecule has 2 aromatic carbocycles. The van der Waals surface area contributed by atoms with Gasteiger partial charge < -0.3 is 9.84 Å². The summed E-state index contributed by atoms with van der Waals surface area (Å²) in [7, 11) is 0. The van der Waals surface area contributed by atoms with Crippen LogP contribution in [0.5, 0.6) is 5.75 Å². The van der Waals surface area contributed by atoms with Gasteiger partial charge in [-0.2, -0.15) is 0 Å². The highest BCUT2D eigenvalue weighted by Crippen LogP contribution is 2.34. The molecule has 0 atom stereocenters. The maximum Gasteiger partial charge on any atom is 0.303 e. The number of aryl methyl sites for hydroxylation is 3. The molecule has 0 aliphatic heterocycles. The van der Waals surface area contributed by atoms with E-state index in [1.54, 1.807) is 17.4 Å². The van der Waals surface area contributed by atoms with E-state index in [1.165, 1.54) is 42.0 Å². The number of aromatic nitrogens is 1. The first-order valence-electron chi connectivity index (χ1n) is 10.8. The summed E-state index contributed by atoms with van der Waals surface area (Å²) in [4.78, 5) is 16.9. The second-order valence-corrected chi connectivity index (χ2v) is 9.01. The number of fused-ring (bicyclic) bond motifs is 1. The first kappa shape index (κ1) is 21.5. The van der Waals surface area contributed by atoms with Crippen molar-refractivity contribution in [3.05, 3.63) is 70.0 Å². The fraction of sp³-hybridized carbons (Fsp3) is 0.360. The smallest absolute Gasteiger partial charge is 0.303 e. The van der Waals surface area contributed by atoms with Crippen LogP contribution in [0.4, 0.5) is 4.39 Å². The molecule has 0 fully saturated rings. The van der Waals surface area contributed by atoms with Crippen molar-refractivity contribution >= 4 is 17.3 Å². The number of hydrogen-bond acceptors (Lipinski definition) is 4. The number of ether oxygens (including phenoxy) is 1. The molecule has 0 unspecified atom stereocenters. The molecular formula is C25H26FNO3S. The molecule has 1 aromatic heterocycles. The van der Waals surface area contributed by atoms with Crippen molar-refractivity contribution < 1.29 is 19.0 Å². The van der Waals surface area contributed by atoms with Crippen molar-refractivity contribution in [1.29, 1.82) is 0 Å². The molecule has 0 spiro atoms. The molecule has 6 heteroatoms. The van der Waals surface area contributed by atoms with Gasteiger partial charge in [0.1, 0.15) is 23.2 Å². The second kappa shape index (κ2) is 10.1. The Morgan fingerprint density at radius 1 is 1.10 bits per heavy atom. The molecule has 0 radical (unpaired) electrons. The van der Waals surface area contributed by atoms with E-state index in [4.69, 9.17) is 14.8 Å². The van der Waals surface area contributed by atoms with Gasteiger partial charge in [0.2, 0.25) is 0 Å². The lowest BCUT2D eigenvalue weighted by Gasteiger charge is -2.11. The van der Waals surface area contributed by atoms with Crippen molar-refractivity contribution in [2.45, 2.75) is 58.0 Å². The topological polar surface area (TPSA) is 59.4 Å². The zero-order valence-corrected chi connectivity index (χ0v) is 18.2. The van der Waals surface area contributed by atoms with Gasteiger partial charge in [0.15, 0.2) is 0 Å². The lowest BCUT2D eigenvalue weighted by Crippen LogP contribution is -1.99. The van der Waals surface area contributed by atoms with Crippen LogP contribution in [-0.4, -0.2) is 16.1 Å². The standard InChI is InChI=1S/C25H26FNO3S/c26-19-11-14-21(25-27-22-6-2-1-3-7-23(22)31-25)18(15-19)16-30-20-12-9-17(10-13-20)5-4-8-24(28)29/h9-15H,1-8,16H2,(H,28,29). The van der Waals surface area contributed by atoms with Gasteiger partial charge >= 0.3 is 5.97 Å². The van der Waals surface area contributed by atoms with Gasteiger partial charge in [-0.25, -0.2) is 9.37 Å². The Hall–Kier alpha value is -2.73. The normalized spacial score (nSPS) is 13.5. The monoisotopic (exact) mass is 439 g/mol. The molecule has 4 rings (SSSR count). The third-order valence-corrected chi connectivity index (χ3v) is 6.76. The van der Waals surface area contributed by atoms with Crippen molar-refractivity contribution in [2.24, 2.45) is 0 Å². The van der Waals surface area contributed by atoms with Crippen LogP contribution in [0, 0.1) is 5.82 Å². The SMILES string of the molecule is O=C(O)CCCc1ccc(OCc2cc(F)ccc2-c2nc3c(s2)CCCCC3)cc1. The summed E-state index contributed by atoms with van der Waals surface area (Å²) in [5, 5.41) is 9.69. The molecule has 1 aliphatic rings. The summed E-state index contributed by atoms with van der Waals surface area (Å²) in [6.45, 7) is 0.260. The van der Waals surface area contributed by atoms with E-state index < -0.39 is 5.97 Å². The molecule has 0 amide bonds. The van der Waals surface area contributed by atoms with Crippen LogP contribution >= 0.6 is 11.3 Å². The summed E-state index contributed by atoms with van der Waals surface area (Å²) in [6.07, 6.45) is 7.25. The molecule has 1 heterocycles. The van der Waals surface area contributed by atoms with Crippen LogP contribution < -0.4 is 4.74 Å². The average Bonchev–Trinajstić information content (AvgIpc) is 3.03. The lowest BCUT2D eigenvalue weighted by molar-refractivity contribution is -0.137. The zero-order chi connectivity index (χ0) is 21.6. The fourth-order valence-corrected chi connectivity index (χ4v) is 5.10. The van der Waals surface area contributed by atoms with E-state index in [2.05, 4.69) is 0 Å². The van der Waals surface area contributed by atoms with Crippen molar-refractivity contribution in [1.82, 2.24) is 4.98 Å². The molecule has 1 aliphatic carbocycles. The molecule has 4 nitrogen and oxygen atoms in total. The fourth-order valence-electron chi connectivity index (χ4n) is 3.89. The summed E-state index contributed by atoms with van der Waals surface area (Å²) >= 11 is 1.72. The second-order valence-electron chi connectivity index (χ2n) is 7.93. The molecule has 1 N–H and O–H groups in total. The number of rotatable bonds is 8. The first-order chi connectivity index (χ1) is 15.1. The Morgan fingerprint density at radius 3 is 2.71 bits per heavy atom. The minimum Gasteiger partial charge on any atom is -0.489 e. The van der Waals surface area contributed by atoms with E-state index in [9.17, 15) is 9.18 Å². The summed E-state index contributed by atoms with van der Waals surface area (Å²) in [5.74, 6) is -0.358. The number of halogens is 1. The Labute approximate surface area is 185 Å². The molecular weight excluding hydrogens is 413 g/mol. The van der Waals surface area contributed by atoms with Crippen molar-refractivity contribution in [3.63, 3.8) is 0 Å². The Kier molecular flexibility index (Phi) is 6.97. The predicted octanol–water partition coefficient (Wildman–Crippen LogP) is 6.20. The number of carbonyl (C=O) groups is 1. The first-order valence-corrected chi connectivity index (χ1v) is 11.6. The Morgan fingerprint density at radius 2 is 1.90 bits per heavy atom. The highest BCUT2D eigenvalue weighted by molar-refractivity contribution is 7.15. The largest absolute Gasteiger partial charge is 0.489 e. The van der Waals surface area contributed by atoms with Gasteiger partial charge in [0.25, 0.3) is 0 Å². The van der Waals surface area contributed by atoms with Crippen molar-refractivity contribution in [3.8, 4) is 16.3 Å². The number of hydrogen-bond donors (Lipinski definition) is 1. The average molecular weight is 440 g/mol. The number of nitrogens with zero attached hydrogens (tertiary/aromatic N) is 1. The Balaban J connectivity index is 1.45. The van der Waals surface area contributed by atoms with Gasteiger partial charge in [-0.3, -0.25) is 4.79 Å². The minimum absolute atomic E-state index is 0.167. The van der Waals surface area contributed by atoms with Crippen LogP contribution in [-0.2, 0) is 30.7 Å². The van der Waals surface area contributed by atoms with E-state index >= 15 is 0 Å². The lowest BCUT2D eigenvalue weighted by atomic mass is 10.1. The molecule has 31 heavy (non-hydrogen) atoms. The minimum atomic E-state index is -0.775. The third-order valence-electron chi connectivity index (χ3n) is 5.57. The molecule has 162 valence electrons. The number of carboxylic acids is 1. The van der Waals surface area contributed by atoms with Gasteiger partial charge in [-0.1, -0.05) is 18.6 Å². The van der Waals surface area contributed by atoms with E-state index in [0.29, 0.717) is 12.2 Å². The van der Waals surface area contributed by atoms with E-state index in [-0.39, 0.29) is 18.8 Å². The quantitative estimate of drug-likeness (QED) is 0.424. The van der Waals surface area contributed by atoms with Gasteiger partial charge in [-0.15, -0.1) is 11.3 Å². The maximum atomic E-state index is 14.0. The molecule has 0 saturated carbocycles. The highest BCUT2D eigenvalue weighted by Gasteiger charge is 2.17. The summed E-state index contributed by atoms with van der Waals surface area (Å²) < 4.78 is 19.9. The van der Waals surface area contributed by atoms with Gasteiger partial charge in [-0.05, 0) is 74.4 Å². The number of aliphatic carboxylic acids is 1. The van der Waals surface area contributed by atoms with E-state index in [0.717, 1.165) is 41.0 Å². The van der Waals surface area contributed by atoms with Gasteiger partial charge in [0.05, 0.1) is 5.69 Å². The van der Waals surface area contributed by atoms with Gasteiger partial charge in [0, 0.05) is 22.4 Å². The summed E-state index contributed by atoms with van der Waals surface area (Å²) in [6, 6.07) is 12.5. The summed E-state index contributed by atoms with van der Waals surface area (Å²) in [5.41, 5.74) is 4.00. The van der Waals surface area contributed by atoms with E-state index in [1.807, 2.05) is 24.3 Å². The van der Waals surface area contributed by atoms with Crippen LogP contribution in [0.15, 0.2) is 42.5 Å². The maximum absolute atomic E-state index is 14.0. The highest BCUT2D eigenvalue weighted by atomic mass is 32.1. The van der Waals surface area contributed by atoms with Crippen LogP contribution in [0.3, 0.4) is 0 Å². The number of thiazole rings is 1.